The fourth-order valence-corrected chi connectivity index (χ4v) is 2.53. The van der Waals surface area contributed by atoms with Crippen LogP contribution in [0.4, 0.5) is 5.82 Å². The molecule has 3 nitrogen and oxygen atoms in total. The van der Waals surface area contributed by atoms with Crippen molar-refractivity contribution in [3.8, 4) is 11.3 Å². The van der Waals surface area contributed by atoms with E-state index in [-0.39, 0.29) is 0 Å². The van der Waals surface area contributed by atoms with Crippen LogP contribution in [0, 0.1) is 5.92 Å². The Kier molecular flexibility index (Phi) is 4.17. The van der Waals surface area contributed by atoms with Crippen LogP contribution in [0.15, 0.2) is 24.3 Å². The molecule has 0 amide bonds. The molecule has 2 rings (SSSR count). The summed E-state index contributed by atoms with van der Waals surface area (Å²) >= 11 is 0. The van der Waals surface area contributed by atoms with E-state index in [0.717, 1.165) is 29.3 Å². The predicted octanol–water partition coefficient (Wildman–Crippen LogP) is 3.99. The molecule has 0 bridgehead atoms. The molecule has 1 aromatic carbocycles. The van der Waals surface area contributed by atoms with Crippen LogP contribution >= 0.6 is 0 Å². The van der Waals surface area contributed by atoms with Crippen LogP contribution < -0.4 is 5.73 Å². The normalized spacial score (nSPS) is 11.6. The smallest absolute Gasteiger partial charge is 0.131 e. The molecule has 0 radical (unpaired) electrons. The molecule has 0 aliphatic carbocycles. The third-order valence-electron chi connectivity index (χ3n) is 3.56. The van der Waals surface area contributed by atoms with Crippen molar-refractivity contribution in [2.75, 3.05) is 5.73 Å². The number of nitrogens with zero attached hydrogens (tertiary/aromatic N) is 2. The van der Waals surface area contributed by atoms with Crippen molar-refractivity contribution >= 4 is 5.82 Å². The highest BCUT2D eigenvalue weighted by molar-refractivity contribution is 5.71. The van der Waals surface area contributed by atoms with Crippen molar-refractivity contribution in [3.05, 3.63) is 35.7 Å². The van der Waals surface area contributed by atoms with Gasteiger partial charge in [0.1, 0.15) is 17.3 Å². The second kappa shape index (κ2) is 5.70. The van der Waals surface area contributed by atoms with Crippen LogP contribution in [-0.4, -0.2) is 9.55 Å². The number of rotatable bonds is 4. The number of anilines is 1. The van der Waals surface area contributed by atoms with Gasteiger partial charge >= 0.3 is 0 Å². The Morgan fingerprint density at radius 2 is 1.70 bits per heavy atom. The molecule has 2 N–H and O–H groups in total. The monoisotopic (exact) mass is 271 g/mol. The SMILES string of the molecule is CC(C)Cc1ccc(-c2nc(C(C)C)n(C)c2N)cc1. The van der Waals surface area contributed by atoms with Crippen LogP contribution in [0.25, 0.3) is 11.3 Å². The molecule has 3 heteroatoms. The number of nitrogen functional groups attached to an aromatic ring is 1. The highest BCUT2D eigenvalue weighted by atomic mass is 15.1. The molecule has 0 atom stereocenters. The first kappa shape index (κ1) is 14.6. The Morgan fingerprint density at radius 1 is 1.10 bits per heavy atom. The van der Waals surface area contributed by atoms with E-state index in [1.54, 1.807) is 0 Å². The zero-order valence-electron chi connectivity index (χ0n) is 13.1. The van der Waals surface area contributed by atoms with Gasteiger partial charge in [0, 0.05) is 18.5 Å². The molecule has 108 valence electrons. The van der Waals surface area contributed by atoms with Gasteiger partial charge in [-0.15, -0.1) is 0 Å². The average Bonchev–Trinajstić information content (AvgIpc) is 2.67. The number of nitrogens with two attached hydrogens (primary N) is 1. The Labute approximate surface area is 121 Å². The number of hydrogen-bond acceptors (Lipinski definition) is 2. The van der Waals surface area contributed by atoms with Gasteiger partial charge in [-0.1, -0.05) is 52.0 Å². The van der Waals surface area contributed by atoms with E-state index in [1.807, 2.05) is 11.6 Å². The number of hydrogen-bond donors (Lipinski definition) is 1. The second-order valence-electron chi connectivity index (χ2n) is 6.21. The Morgan fingerprint density at radius 3 is 2.15 bits per heavy atom. The molecule has 2 aromatic rings. The van der Waals surface area contributed by atoms with Crippen molar-refractivity contribution < 1.29 is 0 Å². The van der Waals surface area contributed by atoms with Gasteiger partial charge < -0.3 is 10.3 Å². The Bertz CT molecular complexity index is 577. The summed E-state index contributed by atoms with van der Waals surface area (Å²) in [7, 11) is 1.98. The van der Waals surface area contributed by atoms with Gasteiger partial charge in [0.15, 0.2) is 0 Å². The molecule has 20 heavy (non-hydrogen) atoms. The van der Waals surface area contributed by atoms with Gasteiger partial charge in [0.2, 0.25) is 0 Å². The van der Waals surface area contributed by atoms with E-state index in [2.05, 4.69) is 52.0 Å². The summed E-state index contributed by atoms with van der Waals surface area (Å²) in [6.07, 6.45) is 1.11. The van der Waals surface area contributed by atoms with Crippen LogP contribution in [0.3, 0.4) is 0 Å². The van der Waals surface area contributed by atoms with Crippen molar-refractivity contribution in [2.24, 2.45) is 13.0 Å². The van der Waals surface area contributed by atoms with Gasteiger partial charge in [0.05, 0.1) is 0 Å². The molecule has 1 heterocycles. The first-order valence-electron chi connectivity index (χ1n) is 7.31. The maximum atomic E-state index is 6.19. The van der Waals surface area contributed by atoms with E-state index in [4.69, 9.17) is 10.7 Å². The minimum atomic E-state index is 0.372. The summed E-state index contributed by atoms with van der Waals surface area (Å²) < 4.78 is 1.99. The minimum Gasteiger partial charge on any atom is -0.383 e. The molecular formula is C17H25N3. The van der Waals surface area contributed by atoms with Crippen molar-refractivity contribution in [2.45, 2.75) is 40.0 Å². The molecule has 0 spiro atoms. The molecule has 1 aromatic heterocycles. The van der Waals surface area contributed by atoms with E-state index >= 15 is 0 Å². The maximum Gasteiger partial charge on any atom is 0.131 e. The molecular weight excluding hydrogens is 246 g/mol. The lowest BCUT2D eigenvalue weighted by molar-refractivity contribution is 0.647. The molecule has 0 saturated heterocycles. The number of imidazole rings is 1. The zero-order valence-corrected chi connectivity index (χ0v) is 13.1. The topological polar surface area (TPSA) is 43.8 Å². The highest BCUT2D eigenvalue weighted by Gasteiger charge is 2.15. The maximum absolute atomic E-state index is 6.19. The quantitative estimate of drug-likeness (QED) is 0.913. The van der Waals surface area contributed by atoms with Gasteiger partial charge in [-0.05, 0) is 17.9 Å². The minimum absolute atomic E-state index is 0.372. The molecule has 0 unspecified atom stereocenters. The summed E-state index contributed by atoms with van der Waals surface area (Å²) in [5.41, 5.74) is 9.55. The van der Waals surface area contributed by atoms with Crippen LogP contribution in [-0.2, 0) is 13.5 Å². The predicted molar refractivity (Wildman–Crippen MR) is 85.7 cm³/mol. The van der Waals surface area contributed by atoms with Crippen LogP contribution in [0.2, 0.25) is 0 Å². The third kappa shape index (κ3) is 2.87. The third-order valence-corrected chi connectivity index (χ3v) is 3.56. The summed E-state index contributed by atoms with van der Waals surface area (Å²) in [6.45, 7) is 8.74. The van der Waals surface area contributed by atoms with Gasteiger partial charge in [0.25, 0.3) is 0 Å². The van der Waals surface area contributed by atoms with Crippen LogP contribution in [0.5, 0.6) is 0 Å². The molecule has 0 aliphatic heterocycles. The highest BCUT2D eigenvalue weighted by Crippen LogP contribution is 2.28. The molecule has 0 fully saturated rings. The first-order chi connectivity index (χ1) is 9.40. The van der Waals surface area contributed by atoms with Crippen molar-refractivity contribution in [1.29, 1.82) is 0 Å². The largest absolute Gasteiger partial charge is 0.383 e. The van der Waals surface area contributed by atoms with Gasteiger partial charge in [-0.2, -0.15) is 0 Å². The number of aromatic nitrogens is 2. The van der Waals surface area contributed by atoms with Crippen molar-refractivity contribution in [1.82, 2.24) is 9.55 Å². The lowest BCUT2D eigenvalue weighted by Gasteiger charge is -2.06. The molecule has 0 aliphatic rings. The molecule has 0 saturated carbocycles. The summed E-state index contributed by atoms with van der Waals surface area (Å²) in [5, 5.41) is 0. The lowest BCUT2D eigenvalue weighted by atomic mass is 10.0. The average molecular weight is 271 g/mol. The summed E-state index contributed by atoms with van der Waals surface area (Å²) in [5.74, 6) is 2.82. The van der Waals surface area contributed by atoms with Crippen molar-refractivity contribution in [3.63, 3.8) is 0 Å². The summed E-state index contributed by atoms with van der Waals surface area (Å²) in [6, 6.07) is 8.61. The number of benzene rings is 1. The van der Waals surface area contributed by atoms with E-state index < -0.39 is 0 Å². The Balaban J connectivity index is 2.34. The van der Waals surface area contributed by atoms with E-state index in [0.29, 0.717) is 11.8 Å². The van der Waals surface area contributed by atoms with Gasteiger partial charge in [-0.25, -0.2) is 4.98 Å². The Hall–Kier alpha value is -1.77. The second-order valence-corrected chi connectivity index (χ2v) is 6.21. The fourth-order valence-electron chi connectivity index (χ4n) is 2.53. The lowest BCUT2D eigenvalue weighted by Crippen LogP contribution is -2.02. The summed E-state index contributed by atoms with van der Waals surface area (Å²) in [4.78, 5) is 4.71. The van der Waals surface area contributed by atoms with Gasteiger partial charge in [-0.3, -0.25) is 0 Å². The van der Waals surface area contributed by atoms with E-state index in [1.165, 1.54) is 5.56 Å². The standard InChI is InChI=1S/C17H25N3/c1-11(2)10-13-6-8-14(9-7-13)15-16(18)20(5)17(19-15)12(3)4/h6-9,11-12H,10,18H2,1-5H3. The first-order valence-corrected chi connectivity index (χ1v) is 7.31. The zero-order chi connectivity index (χ0) is 14.9. The van der Waals surface area contributed by atoms with E-state index in [9.17, 15) is 0 Å². The fraction of sp³-hybridized carbons (Fsp3) is 0.471. The van der Waals surface area contributed by atoms with Crippen LogP contribution in [0.1, 0.15) is 45.0 Å².